The molecule has 0 saturated carbocycles. The first-order valence-corrected chi connectivity index (χ1v) is 1.30. The van der Waals surface area contributed by atoms with Crippen LogP contribution in [0.4, 0.5) is 0 Å². The van der Waals surface area contributed by atoms with Crippen LogP contribution < -0.4 is 0 Å². The van der Waals surface area contributed by atoms with Gasteiger partial charge in [-0.25, -0.2) is 0 Å². The van der Waals surface area contributed by atoms with Crippen LogP contribution in [0.1, 0.15) is 6.42 Å². The zero-order valence-corrected chi connectivity index (χ0v) is 7.92. The van der Waals surface area contributed by atoms with Gasteiger partial charge < -0.3 is 11.4 Å². The van der Waals surface area contributed by atoms with E-state index in [1.54, 1.807) is 6.29 Å². The second-order valence-corrected chi connectivity index (χ2v) is 0.584. The first kappa shape index (κ1) is 10.1. The summed E-state index contributed by atoms with van der Waals surface area (Å²) in [7, 11) is 0. The van der Waals surface area contributed by atoms with Crippen molar-refractivity contribution in [3.05, 3.63) is 12.7 Å². The Kier molecular flexibility index (Phi) is 15.7. The Morgan fingerprint density at radius 1 is 1.83 bits per heavy atom. The fourth-order valence-electron chi connectivity index (χ4n) is 0.0481. The molecule has 0 rings (SSSR count). The predicted octanol–water partition coefficient (Wildman–Crippen LogP) is 0.0946. The van der Waals surface area contributed by atoms with E-state index in [9.17, 15) is 0 Å². The Hall–Kier alpha value is 0.981. The molecule has 0 atom stereocenters. The van der Waals surface area contributed by atoms with Crippen molar-refractivity contribution in [2.75, 3.05) is 0 Å². The average Bonchev–Trinajstić information content (AvgIpc) is 1.41. The molecule has 0 unspecified atom stereocenters. The predicted molar refractivity (Wildman–Crippen MR) is 24.9 cm³/mol. The van der Waals surface area contributed by atoms with E-state index in [4.69, 9.17) is 11.4 Å². The van der Waals surface area contributed by atoms with Gasteiger partial charge in [-0.15, -0.1) is 0 Å². The van der Waals surface area contributed by atoms with Gasteiger partial charge in [0.25, 0.3) is 0 Å². The molecular weight excluding hydrogens is 201 g/mol. The summed E-state index contributed by atoms with van der Waals surface area (Å²) >= 11 is 0. The number of carbonyl (C=O) groups excluding carboxylic acids is 1. The molecule has 0 fully saturated rings. The maximum absolute atomic E-state index is 9.17. The average molecular weight is 205 g/mol. The van der Waals surface area contributed by atoms with Crippen molar-refractivity contribution in [3.63, 3.8) is 0 Å². The van der Waals surface area contributed by atoms with E-state index in [1.165, 1.54) is 6.08 Å². The fourth-order valence-corrected chi connectivity index (χ4v) is 0.0481. The van der Waals surface area contributed by atoms with Crippen LogP contribution in [0, 0.1) is 6.58 Å². The fraction of sp³-hybridized carbons (Fsp3) is 0.250. The van der Waals surface area contributed by atoms with E-state index in [-0.39, 0.29) is 55.3 Å². The molecule has 0 radical (unpaired) electrons. The molecule has 6 heavy (non-hydrogen) atoms. The van der Waals surface area contributed by atoms with Gasteiger partial charge in [0, 0.05) is 0 Å². The Morgan fingerprint density at radius 2 is 2.33 bits per heavy atom. The van der Waals surface area contributed by atoms with Gasteiger partial charge in [-0.1, -0.05) is 0 Å². The van der Waals surface area contributed by atoms with Crippen LogP contribution in [0.15, 0.2) is 6.08 Å². The molecular formula is C4H4BaO. The molecule has 0 heterocycles. The summed E-state index contributed by atoms with van der Waals surface area (Å²) in [6.45, 7) is 4.75. The summed E-state index contributed by atoms with van der Waals surface area (Å²) in [4.78, 5) is 9.17. The Morgan fingerprint density at radius 3 is 2.33 bits per heavy atom. The topological polar surface area (TPSA) is 17.1 Å². The molecule has 0 saturated heterocycles. The third-order valence-corrected chi connectivity index (χ3v) is 0.201. The van der Waals surface area contributed by atoms with E-state index in [1.807, 2.05) is 0 Å². The van der Waals surface area contributed by atoms with Crippen molar-refractivity contribution in [1.82, 2.24) is 0 Å². The summed E-state index contributed by atoms with van der Waals surface area (Å²) in [5.74, 6) is 0. The molecule has 0 aromatic rings. The van der Waals surface area contributed by atoms with Crippen molar-refractivity contribution in [3.8, 4) is 0 Å². The molecule has 28 valence electrons. The second kappa shape index (κ2) is 9.36. The van der Waals surface area contributed by atoms with Crippen molar-refractivity contribution < 1.29 is 4.79 Å². The van der Waals surface area contributed by atoms with Crippen molar-refractivity contribution in [1.29, 1.82) is 0 Å². The summed E-state index contributed by atoms with van der Waals surface area (Å²) in [6, 6.07) is 0. The monoisotopic (exact) mass is 206 g/mol. The van der Waals surface area contributed by atoms with Gasteiger partial charge in [0.1, 0.15) is 0 Å². The van der Waals surface area contributed by atoms with Crippen LogP contribution in [0.5, 0.6) is 0 Å². The van der Waals surface area contributed by atoms with Crippen LogP contribution in [-0.4, -0.2) is 55.2 Å². The maximum atomic E-state index is 9.17. The van der Waals surface area contributed by atoms with Gasteiger partial charge >= 0.3 is 48.9 Å². The van der Waals surface area contributed by atoms with Crippen molar-refractivity contribution in [2.24, 2.45) is 0 Å². The summed E-state index contributed by atoms with van der Waals surface area (Å²) in [6.07, 6.45) is 3.08. The second-order valence-electron chi connectivity index (χ2n) is 0.584. The Balaban J connectivity index is 0. The minimum absolute atomic E-state index is 0. The first-order valence-electron chi connectivity index (χ1n) is 1.30. The molecule has 0 amide bonds. The van der Waals surface area contributed by atoms with E-state index >= 15 is 0 Å². The Labute approximate surface area is 77.9 Å². The number of rotatable bonds is 2. The molecule has 0 spiro atoms. The van der Waals surface area contributed by atoms with Crippen LogP contribution >= 0.6 is 0 Å². The molecule has 0 bridgehead atoms. The van der Waals surface area contributed by atoms with Crippen LogP contribution in [0.3, 0.4) is 0 Å². The molecule has 0 aromatic carbocycles. The third-order valence-electron chi connectivity index (χ3n) is 0.201. The largest absolute Gasteiger partial charge is 2.00 e. The van der Waals surface area contributed by atoms with Gasteiger partial charge in [-0.05, 0) is 0 Å². The van der Waals surface area contributed by atoms with Gasteiger partial charge in [-0.3, -0.25) is 12.4 Å². The summed E-state index contributed by atoms with van der Waals surface area (Å²) in [5, 5.41) is 0. The van der Waals surface area contributed by atoms with E-state index < -0.39 is 0 Å². The smallest absolute Gasteiger partial charge is 0.542 e. The molecule has 0 aliphatic rings. The zero-order valence-electron chi connectivity index (χ0n) is 3.48. The minimum atomic E-state index is 0. The molecule has 2 heteroatoms. The molecule has 0 aliphatic heterocycles. The van der Waals surface area contributed by atoms with Crippen molar-refractivity contribution >= 4 is 55.2 Å². The maximum Gasteiger partial charge on any atom is 2.00 e. The SMILES string of the molecule is [Ba+2].[CH-]=CC[C-]=O. The van der Waals surface area contributed by atoms with Crippen LogP contribution in [0.2, 0.25) is 0 Å². The normalized spacial score (nSPS) is 5.33. The minimum Gasteiger partial charge on any atom is -0.542 e. The summed E-state index contributed by atoms with van der Waals surface area (Å²) < 4.78 is 0. The van der Waals surface area contributed by atoms with Gasteiger partial charge in [0.2, 0.25) is 0 Å². The van der Waals surface area contributed by atoms with Gasteiger partial charge in [0.15, 0.2) is 0 Å². The molecule has 0 aliphatic carbocycles. The van der Waals surface area contributed by atoms with Gasteiger partial charge in [0.05, 0.1) is 0 Å². The Bertz CT molecular complexity index is 36.8. The first-order chi connectivity index (χ1) is 2.41. The van der Waals surface area contributed by atoms with E-state index in [2.05, 4.69) is 0 Å². The quantitative estimate of drug-likeness (QED) is 0.461. The number of allylic oxidation sites excluding steroid dienone is 1. The van der Waals surface area contributed by atoms with Gasteiger partial charge in [-0.2, -0.15) is 6.42 Å². The van der Waals surface area contributed by atoms with Crippen LogP contribution in [-0.2, 0) is 4.79 Å². The van der Waals surface area contributed by atoms with E-state index in [0.29, 0.717) is 0 Å². The molecule has 1 nitrogen and oxygen atoms in total. The van der Waals surface area contributed by atoms with Crippen LogP contribution in [0.25, 0.3) is 0 Å². The number of hydrogen-bond donors (Lipinski definition) is 0. The molecule has 0 N–H and O–H groups in total. The molecule has 0 aromatic heterocycles. The third kappa shape index (κ3) is 8.88. The standard InChI is InChI=1S/C4H4O.Ba/c1-2-3-4-5;/h1-2H,3H2;/q-2;+2. The van der Waals surface area contributed by atoms with E-state index in [0.717, 1.165) is 0 Å². The number of hydrogen-bond acceptors (Lipinski definition) is 1. The summed E-state index contributed by atoms with van der Waals surface area (Å²) in [5.41, 5.74) is 0. The zero-order chi connectivity index (χ0) is 4.12. The van der Waals surface area contributed by atoms with Crippen molar-refractivity contribution in [2.45, 2.75) is 6.42 Å².